The van der Waals surface area contributed by atoms with E-state index in [9.17, 15) is 4.79 Å². The lowest BCUT2D eigenvalue weighted by molar-refractivity contribution is 0.102. The zero-order chi connectivity index (χ0) is 16.8. The number of anilines is 1. The number of carbonyl (C=O) groups excluding carboxylic acids is 1. The van der Waals surface area contributed by atoms with Crippen LogP contribution < -0.4 is 10.1 Å². The third-order valence-electron chi connectivity index (χ3n) is 3.42. The van der Waals surface area contributed by atoms with Crippen LogP contribution in [0.5, 0.6) is 5.75 Å². The normalized spacial score (nSPS) is 10.4. The predicted octanol–water partition coefficient (Wildman–Crippen LogP) is 5.02. The largest absolute Gasteiger partial charge is 0.489 e. The summed E-state index contributed by atoms with van der Waals surface area (Å²) in [6.07, 6.45) is 0. The molecule has 0 heterocycles. The van der Waals surface area contributed by atoms with E-state index in [4.69, 9.17) is 4.74 Å². The van der Waals surface area contributed by atoms with E-state index in [0.717, 1.165) is 5.57 Å². The van der Waals surface area contributed by atoms with Crippen molar-refractivity contribution in [1.82, 2.24) is 0 Å². The van der Waals surface area contributed by atoms with Gasteiger partial charge in [0.05, 0.1) is 0 Å². The van der Waals surface area contributed by atoms with E-state index in [1.165, 1.54) is 5.56 Å². The molecule has 0 bridgehead atoms. The second-order valence-electron chi connectivity index (χ2n) is 6.00. The maximum absolute atomic E-state index is 12.3. The zero-order valence-corrected chi connectivity index (χ0v) is 13.9. The number of carbonyl (C=O) groups is 1. The van der Waals surface area contributed by atoms with Crippen molar-refractivity contribution >= 4 is 11.6 Å². The van der Waals surface area contributed by atoms with E-state index in [0.29, 0.717) is 29.5 Å². The van der Waals surface area contributed by atoms with Crippen LogP contribution in [0, 0.1) is 0 Å². The van der Waals surface area contributed by atoms with Gasteiger partial charge in [-0.1, -0.05) is 38.6 Å². The average Bonchev–Trinajstić information content (AvgIpc) is 2.53. The van der Waals surface area contributed by atoms with Crippen molar-refractivity contribution in [1.29, 1.82) is 0 Å². The fourth-order valence-corrected chi connectivity index (χ4v) is 2.09. The highest BCUT2D eigenvalue weighted by molar-refractivity contribution is 6.04. The minimum atomic E-state index is -0.127. The van der Waals surface area contributed by atoms with E-state index in [1.54, 1.807) is 0 Å². The Balaban J connectivity index is 2.04. The molecule has 1 amide bonds. The second-order valence-corrected chi connectivity index (χ2v) is 6.00. The molecule has 2 aromatic rings. The Bertz CT molecular complexity index is 687. The molecule has 0 aromatic heterocycles. The van der Waals surface area contributed by atoms with Gasteiger partial charge in [-0.05, 0) is 48.2 Å². The first-order valence-electron chi connectivity index (χ1n) is 7.74. The molecule has 0 aliphatic carbocycles. The van der Waals surface area contributed by atoms with Crippen LogP contribution in [0.2, 0.25) is 0 Å². The summed E-state index contributed by atoms with van der Waals surface area (Å²) in [6, 6.07) is 15.1. The summed E-state index contributed by atoms with van der Waals surface area (Å²) in [5, 5.41) is 2.89. The van der Waals surface area contributed by atoms with Crippen molar-refractivity contribution < 1.29 is 9.53 Å². The van der Waals surface area contributed by atoms with E-state index in [1.807, 2.05) is 55.5 Å². The smallest absolute Gasteiger partial charge is 0.255 e. The topological polar surface area (TPSA) is 38.3 Å². The Kier molecular flexibility index (Phi) is 5.58. The highest BCUT2D eigenvalue weighted by Crippen LogP contribution is 2.19. The predicted molar refractivity (Wildman–Crippen MR) is 95.2 cm³/mol. The maximum Gasteiger partial charge on any atom is 0.255 e. The van der Waals surface area contributed by atoms with Gasteiger partial charge in [0.25, 0.3) is 5.91 Å². The molecule has 0 radical (unpaired) electrons. The summed E-state index contributed by atoms with van der Waals surface area (Å²) in [6.45, 7) is 10.4. The summed E-state index contributed by atoms with van der Waals surface area (Å²) >= 11 is 0. The second kappa shape index (κ2) is 7.63. The summed E-state index contributed by atoms with van der Waals surface area (Å²) in [5.74, 6) is 1.03. The van der Waals surface area contributed by atoms with Gasteiger partial charge in [0.1, 0.15) is 12.4 Å². The fourth-order valence-electron chi connectivity index (χ4n) is 2.09. The van der Waals surface area contributed by atoms with Crippen LogP contribution in [0.25, 0.3) is 0 Å². The Morgan fingerprint density at radius 3 is 2.48 bits per heavy atom. The lowest BCUT2D eigenvalue weighted by Gasteiger charge is -2.10. The number of rotatable bonds is 6. The molecular formula is C20H23NO2. The zero-order valence-electron chi connectivity index (χ0n) is 13.9. The lowest BCUT2D eigenvalue weighted by atomic mass is 10.0. The molecule has 3 nitrogen and oxygen atoms in total. The van der Waals surface area contributed by atoms with Gasteiger partial charge in [0, 0.05) is 17.3 Å². The molecule has 0 saturated heterocycles. The molecule has 0 aliphatic heterocycles. The molecule has 0 atom stereocenters. The Hall–Kier alpha value is -2.55. The molecule has 0 saturated carbocycles. The van der Waals surface area contributed by atoms with Crippen LogP contribution >= 0.6 is 0 Å². The third kappa shape index (κ3) is 4.99. The first-order valence-corrected chi connectivity index (χ1v) is 7.74. The molecule has 3 heteroatoms. The number of benzene rings is 2. The Morgan fingerprint density at radius 1 is 1.17 bits per heavy atom. The molecule has 0 spiro atoms. The summed E-state index contributed by atoms with van der Waals surface area (Å²) < 4.78 is 5.59. The van der Waals surface area contributed by atoms with Crippen LogP contribution in [-0.4, -0.2) is 12.5 Å². The van der Waals surface area contributed by atoms with Gasteiger partial charge in [-0.15, -0.1) is 0 Å². The van der Waals surface area contributed by atoms with Gasteiger partial charge in [0.15, 0.2) is 0 Å². The number of ether oxygens (including phenoxy) is 1. The summed E-state index contributed by atoms with van der Waals surface area (Å²) in [4.78, 5) is 12.3. The first kappa shape index (κ1) is 16.8. The molecule has 0 fully saturated rings. The van der Waals surface area contributed by atoms with E-state index < -0.39 is 0 Å². The molecular weight excluding hydrogens is 286 g/mol. The minimum absolute atomic E-state index is 0.127. The third-order valence-corrected chi connectivity index (χ3v) is 3.42. The van der Waals surface area contributed by atoms with Gasteiger partial charge in [-0.25, -0.2) is 0 Å². The summed E-state index contributed by atoms with van der Waals surface area (Å²) in [5.41, 5.74) is 3.52. The van der Waals surface area contributed by atoms with Gasteiger partial charge in [0.2, 0.25) is 0 Å². The molecule has 120 valence electrons. The Labute approximate surface area is 138 Å². The van der Waals surface area contributed by atoms with E-state index >= 15 is 0 Å². The van der Waals surface area contributed by atoms with Crippen LogP contribution in [0.1, 0.15) is 42.6 Å². The van der Waals surface area contributed by atoms with Crippen molar-refractivity contribution in [3.05, 3.63) is 71.8 Å². The molecule has 2 rings (SSSR count). The quantitative estimate of drug-likeness (QED) is 0.761. The highest BCUT2D eigenvalue weighted by Gasteiger charge is 2.07. The molecule has 1 N–H and O–H groups in total. The van der Waals surface area contributed by atoms with Crippen LogP contribution in [0.4, 0.5) is 5.69 Å². The molecule has 0 aliphatic rings. The van der Waals surface area contributed by atoms with Crippen LogP contribution in [-0.2, 0) is 0 Å². The van der Waals surface area contributed by atoms with Crippen molar-refractivity contribution in [2.75, 3.05) is 11.9 Å². The minimum Gasteiger partial charge on any atom is -0.489 e. The standard InChI is InChI=1S/C20H23NO2/c1-14(2)13-23-19-7-5-6-18(12-19)21-20(22)17-10-8-16(9-11-17)15(3)4/h5-12,15H,1,13H2,2-4H3,(H,21,22). The first-order chi connectivity index (χ1) is 11.0. The van der Waals surface area contributed by atoms with E-state index in [-0.39, 0.29) is 5.91 Å². The molecule has 23 heavy (non-hydrogen) atoms. The number of amides is 1. The van der Waals surface area contributed by atoms with Crippen molar-refractivity contribution in [3.8, 4) is 5.75 Å². The number of nitrogens with one attached hydrogen (secondary N) is 1. The Morgan fingerprint density at radius 2 is 1.87 bits per heavy atom. The van der Waals surface area contributed by atoms with Crippen LogP contribution in [0.15, 0.2) is 60.7 Å². The lowest BCUT2D eigenvalue weighted by Crippen LogP contribution is -2.12. The summed E-state index contributed by atoms with van der Waals surface area (Å²) in [7, 11) is 0. The molecule has 2 aromatic carbocycles. The van der Waals surface area contributed by atoms with Crippen molar-refractivity contribution in [2.45, 2.75) is 26.7 Å². The van der Waals surface area contributed by atoms with Gasteiger partial charge in [-0.2, -0.15) is 0 Å². The maximum atomic E-state index is 12.3. The van der Waals surface area contributed by atoms with E-state index in [2.05, 4.69) is 25.7 Å². The van der Waals surface area contributed by atoms with Crippen molar-refractivity contribution in [3.63, 3.8) is 0 Å². The van der Waals surface area contributed by atoms with Crippen molar-refractivity contribution in [2.24, 2.45) is 0 Å². The van der Waals surface area contributed by atoms with Gasteiger partial charge >= 0.3 is 0 Å². The fraction of sp³-hybridized carbons (Fsp3) is 0.250. The molecule has 0 unspecified atom stereocenters. The highest BCUT2D eigenvalue weighted by atomic mass is 16.5. The monoisotopic (exact) mass is 309 g/mol. The van der Waals surface area contributed by atoms with Gasteiger partial charge in [-0.3, -0.25) is 4.79 Å². The SMILES string of the molecule is C=C(C)COc1cccc(NC(=O)c2ccc(C(C)C)cc2)c1. The van der Waals surface area contributed by atoms with Crippen LogP contribution in [0.3, 0.4) is 0 Å². The van der Waals surface area contributed by atoms with Gasteiger partial charge < -0.3 is 10.1 Å². The number of hydrogen-bond acceptors (Lipinski definition) is 2. The number of hydrogen-bond donors (Lipinski definition) is 1. The average molecular weight is 309 g/mol.